The zero-order chi connectivity index (χ0) is 13.7. The Kier molecular flexibility index (Phi) is 4.03. The molecule has 1 atom stereocenters. The maximum Gasteiger partial charge on any atom is 0.589 e. The number of phosphoric ester groups is 1. The minimum atomic E-state index is -4.42. The van der Waals surface area contributed by atoms with Crippen LogP contribution in [0.4, 0.5) is 0 Å². The van der Waals surface area contributed by atoms with Gasteiger partial charge in [-0.1, -0.05) is 6.92 Å². The average Bonchev–Trinajstić information content (AvgIpc) is 2.39. The maximum absolute atomic E-state index is 11.7. The number of aromatic nitrogens is 4. The van der Waals surface area contributed by atoms with Gasteiger partial charge >= 0.3 is 19.8 Å². The predicted molar refractivity (Wildman–Crippen MR) is 64.5 cm³/mol. The van der Waals surface area contributed by atoms with Gasteiger partial charge in [-0.3, -0.25) is 4.89 Å². The van der Waals surface area contributed by atoms with E-state index in [1.54, 1.807) is 12.1 Å². The lowest BCUT2D eigenvalue weighted by Crippen LogP contribution is -2.05. The molecule has 0 aliphatic rings. The van der Waals surface area contributed by atoms with E-state index in [-0.39, 0.29) is 12.0 Å². The average molecular weight is 282 g/mol. The van der Waals surface area contributed by atoms with Gasteiger partial charge in [0.05, 0.1) is 0 Å². The molecule has 0 amide bonds. The molecule has 2 aromatic rings. The van der Waals surface area contributed by atoms with Gasteiger partial charge in [-0.2, -0.15) is 4.98 Å². The summed E-state index contributed by atoms with van der Waals surface area (Å²) in [5.74, 6) is 0. The second-order valence-corrected chi connectivity index (χ2v) is 4.67. The molecule has 1 N–H and O–H groups in total. The molecule has 0 spiro atoms. The van der Waals surface area contributed by atoms with Crippen molar-refractivity contribution in [3.05, 3.63) is 36.4 Å². The number of hydrogen-bond acceptors (Lipinski definition) is 7. The number of hydrogen-bond donors (Lipinski definition) is 1. The number of nitrogens with zero attached hydrogens (tertiary/aromatic N) is 4. The summed E-state index contributed by atoms with van der Waals surface area (Å²) in [5.41, 5.74) is 0.681. The van der Waals surface area contributed by atoms with Gasteiger partial charge in [0.25, 0.3) is 0 Å². The maximum atomic E-state index is 11.7. The van der Waals surface area contributed by atoms with Crippen molar-refractivity contribution in [2.24, 2.45) is 0 Å². The molecule has 1 unspecified atom stereocenters. The van der Waals surface area contributed by atoms with E-state index in [9.17, 15) is 9.46 Å². The SMILES string of the molecule is CCc1ccnc(OP(=O)(O)Oc2ncccn2)n1. The van der Waals surface area contributed by atoms with Crippen LogP contribution in [0.25, 0.3) is 0 Å². The topological polar surface area (TPSA) is 107 Å². The molecular weight excluding hydrogens is 271 g/mol. The van der Waals surface area contributed by atoms with Crippen molar-refractivity contribution in [3.8, 4) is 12.0 Å². The monoisotopic (exact) mass is 282 g/mol. The van der Waals surface area contributed by atoms with Crippen molar-refractivity contribution in [2.45, 2.75) is 13.3 Å². The fraction of sp³-hybridized carbons (Fsp3) is 0.200. The smallest absolute Gasteiger partial charge is 0.359 e. The van der Waals surface area contributed by atoms with E-state index < -0.39 is 7.82 Å². The summed E-state index contributed by atoms with van der Waals surface area (Å²) in [4.78, 5) is 24.5. The lowest BCUT2D eigenvalue weighted by atomic mass is 10.3. The van der Waals surface area contributed by atoms with Crippen molar-refractivity contribution in [3.63, 3.8) is 0 Å². The molecule has 0 aromatic carbocycles. The third-order valence-corrected chi connectivity index (χ3v) is 2.78. The fourth-order valence-electron chi connectivity index (χ4n) is 1.17. The van der Waals surface area contributed by atoms with Crippen molar-refractivity contribution in [2.75, 3.05) is 0 Å². The van der Waals surface area contributed by atoms with Crippen molar-refractivity contribution >= 4 is 7.82 Å². The van der Waals surface area contributed by atoms with Crippen LogP contribution in [0.15, 0.2) is 30.7 Å². The van der Waals surface area contributed by atoms with Crippen molar-refractivity contribution < 1.29 is 18.5 Å². The van der Waals surface area contributed by atoms with Crippen LogP contribution in [0.5, 0.6) is 12.0 Å². The van der Waals surface area contributed by atoms with E-state index in [0.717, 1.165) is 0 Å². The molecule has 0 saturated carbocycles. The summed E-state index contributed by atoms with van der Waals surface area (Å²) in [6, 6.07) is 2.72. The standard InChI is InChI=1S/C10H11N4O4P/c1-2-8-4-7-13-10(14-8)18-19(15,16)17-9-11-5-3-6-12-9/h3-7H,2H2,1H3,(H,15,16). The molecule has 2 heterocycles. The van der Waals surface area contributed by atoms with E-state index in [0.29, 0.717) is 12.1 Å². The van der Waals surface area contributed by atoms with Crippen LogP contribution in [-0.2, 0) is 11.0 Å². The lowest BCUT2D eigenvalue weighted by molar-refractivity contribution is 0.274. The Labute approximate surface area is 109 Å². The molecule has 0 bridgehead atoms. The Bertz CT molecular complexity index is 595. The second-order valence-electron chi connectivity index (χ2n) is 3.37. The Balaban J connectivity index is 2.10. The molecule has 9 heteroatoms. The van der Waals surface area contributed by atoms with E-state index in [2.05, 4.69) is 24.5 Å². The molecule has 8 nitrogen and oxygen atoms in total. The summed E-state index contributed by atoms with van der Waals surface area (Å²) in [5, 5.41) is 0. The highest BCUT2D eigenvalue weighted by molar-refractivity contribution is 7.48. The number of rotatable bonds is 5. The third-order valence-electron chi connectivity index (χ3n) is 1.99. The van der Waals surface area contributed by atoms with Gasteiger partial charge < -0.3 is 9.05 Å². The van der Waals surface area contributed by atoms with Gasteiger partial charge in [0.2, 0.25) is 0 Å². The Morgan fingerprint density at radius 2 is 1.79 bits per heavy atom. The van der Waals surface area contributed by atoms with E-state index in [4.69, 9.17) is 4.52 Å². The largest absolute Gasteiger partial charge is 0.589 e. The molecule has 2 rings (SSSR count). The Morgan fingerprint density at radius 1 is 1.16 bits per heavy atom. The number of aryl methyl sites for hydroxylation is 1. The van der Waals surface area contributed by atoms with Crippen molar-refractivity contribution in [1.29, 1.82) is 0 Å². The molecule has 0 aliphatic carbocycles. The van der Waals surface area contributed by atoms with E-state index >= 15 is 0 Å². The highest BCUT2D eigenvalue weighted by Crippen LogP contribution is 2.41. The lowest BCUT2D eigenvalue weighted by Gasteiger charge is -2.10. The molecule has 0 fully saturated rings. The first-order chi connectivity index (χ1) is 9.09. The zero-order valence-electron chi connectivity index (χ0n) is 10.0. The van der Waals surface area contributed by atoms with Crippen LogP contribution in [0, 0.1) is 0 Å². The van der Waals surface area contributed by atoms with Gasteiger partial charge in [-0.15, -0.1) is 0 Å². The van der Waals surface area contributed by atoms with Gasteiger partial charge in [-0.25, -0.2) is 19.5 Å². The predicted octanol–water partition coefficient (Wildman–Crippen LogP) is 1.39. The van der Waals surface area contributed by atoms with Crippen LogP contribution < -0.4 is 9.05 Å². The molecule has 2 aromatic heterocycles. The summed E-state index contributed by atoms with van der Waals surface area (Å²) in [6.45, 7) is 1.89. The summed E-state index contributed by atoms with van der Waals surface area (Å²) < 4.78 is 21.1. The van der Waals surface area contributed by atoms with E-state index in [1.807, 2.05) is 6.92 Å². The van der Waals surface area contributed by atoms with Crippen LogP contribution >= 0.6 is 7.82 Å². The van der Waals surface area contributed by atoms with Crippen LogP contribution in [-0.4, -0.2) is 24.8 Å². The highest BCUT2D eigenvalue weighted by Gasteiger charge is 2.27. The first-order valence-electron chi connectivity index (χ1n) is 5.40. The minimum Gasteiger partial charge on any atom is -0.359 e. The quantitative estimate of drug-likeness (QED) is 0.819. The Hall–Kier alpha value is -2.05. The minimum absolute atomic E-state index is 0.235. The first-order valence-corrected chi connectivity index (χ1v) is 6.89. The van der Waals surface area contributed by atoms with Gasteiger partial charge in [0.15, 0.2) is 0 Å². The summed E-state index contributed by atoms with van der Waals surface area (Å²) in [6.07, 6.45) is 4.82. The van der Waals surface area contributed by atoms with Crippen LogP contribution in [0.1, 0.15) is 12.6 Å². The fourth-order valence-corrected chi connectivity index (χ4v) is 1.81. The molecule has 100 valence electrons. The third kappa shape index (κ3) is 3.97. The van der Waals surface area contributed by atoms with Gasteiger partial charge in [-0.05, 0) is 18.6 Å². The second kappa shape index (κ2) is 5.73. The number of phosphoric acid groups is 1. The molecular formula is C10H11N4O4P. The molecule has 0 aliphatic heterocycles. The summed E-state index contributed by atoms with van der Waals surface area (Å²) >= 11 is 0. The molecule has 0 radical (unpaired) electrons. The normalized spacial score (nSPS) is 13.6. The highest BCUT2D eigenvalue weighted by atomic mass is 31.2. The van der Waals surface area contributed by atoms with Gasteiger partial charge in [0.1, 0.15) is 0 Å². The first kappa shape index (κ1) is 13.4. The zero-order valence-corrected chi connectivity index (χ0v) is 10.9. The van der Waals surface area contributed by atoms with Crippen LogP contribution in [0.3, 0.4) is 0 Å². The Morgan fingerprint density at radius 3 is 2.47 bits per heavy atom. The van der Waals surface area contributed by atoms with Gasteiger partial charge in [0, 0.05) is 24.3 Å². The molecule has 19 heavy (non-hydrogen) atoms. The summed E-state index contributed by atoms with van der Waals surface area (Å²) in [7, 11) is -4.42. The van der Waals surface area contributed by atoms with Crippen molar-refractivity contribution in [1.82, 2.24) is 19.9 Å². The van der Waals surface area contributed by atoms with Crippen LogP contribution in [0.2, 0.25) is 0 Å². The van der Waals surface area contributed by atoms with E-state index in [1.165, 1.54) is 18.6 Å². The molecule has 0 saturated heterocycles.